The molecule has 3 N–H and O–H groups in total. The summed E-state index contributed by atoms with van der Waals surface area (Å²) in [6.07, 6.45) is 6.41. The van der Waals surface area contributed by atoms with Crippen molar-refractivity contribution in [1.29, 1.82) is 0 Å². The fraction of sp³-hybridized carbons (Fsp3) is 0.273. The van der Waals surface area contributed by atoms with Gasteiger partial charge in [-0.15, -0.1) is 12.3 Å². The molecule has 0 saturated carbocycles. The van der Waals surface area contributed by atoms with Crippen molar-refractivity contribution >= 4 is 12.0 Å². The van der Waals surface area contributed by atoms with Gasteiger partial charge in [0.05, 0.1) is 12.8 Å². The molecule has 1 aromatic rings. The van der Waals surface area contributed by atoms with Crippen LogP contribution in [0.3, 0.4) is 0 Å². The molecule has 0 fully saturated rings. The molecule has 1 aromatic heterocycles. The number of rotatable bonds is 5. The van der Waals surface area contributed by atoms with Gasteiger partial charge in [-0.05, 0) is 12.1 Å². The topological polar surface area (TPSA) is 91.6 Å². The lowest BCUT2D eigenvalue weighted by molar-refractivity contribution is -0.139. The van der Waals surface area contributed by atoms with Gasteiger partial charge in [0, 0.05) is 6.42 Å². The van der Waals surface area contributed by atoms with Crippen LogP contribution in [0.15, 0.2) is 22.8 Å². The van der Waals surface area contributed by atoms with Gasteiger partial charge in [0.15, 0.2) is 0 Å². The number of carboxylic acid groups (broad SMARTS) is 1. The van der Waals surface area contributed by atoms with Gasteiger partial charge >= 0.3 is 12.0 Å². The van der Waals surface area contributed by atoms with Crippen LogP contribution in [-0.2, 0) is 11.3 Å². The lowest BCUT2D eigenvalue weighted by Crippen LogP contribution is -2.45. The van der Waals surface area contributed by atoms with Crippen molar-refractivity contribution in [2.45, 2.75) is 19.0 Å². The molecule has 0 aromatic carbocycles. The summed E-state index contributed by atoms with van der Waals surface area (Å²) < 4.78 is 4.99. The highest BCUT2D eigenvalue weighted by molar-refractivity contribution is 5.82. The van der Waals surface area contributed by atoms with Gasteiger partial charge in [-0.2, -0.15) is 0 Å². The van der Waals surface area contributed by atoms with Crippen LogP contribution in [0.2, 0.25) is 0 Å². The average molecular weight is 236 g/mol. The molecule has 0 aliphatic carbocycles. The van der Waals surface area contributed by atoms with E-state index >= 15 is 0 Å². The fourth-order valence-electron chi connectivity index (χ4n) is 1.11. The van der Waals surface area contributed by atoms with E-state index < -0.39 is 18.0 Å². The van der Waals surface area contributed by atoms with Gasteiger partial charge in [0.25, 0.3) is 0 Å². The van der Waals surface area contributed by atoms with Crippen molar-refractivity contribution in [3.05, 3.63) is 24.2 Å². The first kappa shape index (κ1) is 12.6. The Hall–Kier alpha value is -2.42. The maximum Gasteiger partial charge on any atom is 0.327 e. The number of nitrogens with one attached hydrogen (secondary N) is 2. The van der Waals surface area contributed by atoms with Crippen LogP contribution in [0.1, 0.15) is 12.2 Å². The smallest absolute Gasteiger partial charge is 0.327 e. The number of carbonyl (C=O) groups excluding carboxylic acids is 1. The molecule has 90 valence electrons. The monoisotopic (exact) mass is 236 g/mol. The predicted octanol–water partition coefficient (Wildman–Crippen LogP) is 0.555. The number of hydrogen-bond acceptors (Lipinski definition) is 3. The van der Waals surface area contributed by atoms with E-state index in [-0.39, 0.29) is 13.0 Å². The van der Waals surface area contributed by atoms with Crippen LogP contribution in [0.5, 0.6) is 0 Å². The van der Waals surface area contributed by atoms with E-state index in [0.29, 0.717) is 5.76 Å². The SMILES string of the molecule is C#CCC(NC(=O)NCc1ccco1)C(=O)O. The zero-order valence-electron chi connectivity index (χ0n) is 8.97. The number of amides is 2. The highest BCUT2D eigenvalue weighted by atomic mass is 16.4. The molecule has 0 aliphatic rings. The first-order valence-corrected chi connectivity index (χ1v) is 4.86. The molecule has 1 unspecified atom stereocenters. The third kappa shape index (κ3) is 4.30. The molecule has 6 heteroatoms. The van der Waals surface area contributed by atoms with Crippen LogP contribution in [0, 0.1) is 12.3 Å². The zero-order chi connectivity index (χ0) is 12.7. The third-order valence-electron chi connectivity index (χ3n) is 1.93. The minimum Gasteiger partial charge on any atom is -0.480 e. The van der Waals surface area contributed by atoms with Gasteiger partial charge in [-0.3, -0.25) is 0 Å². The molecule has 6 nitrogen and oxygen atoms in total. The molecule has 0 bridgehead atoms. The van der Waals surface area contributed by atoms with Crippen molar-refractivity contribution in [3.8, 4) is 12.3 Å². The Balaban J connectivity index is 2.37. The highest BCUT2D eigenvalue weighted by Crippen LogP contribution is 1.98. The normalized spacial score (nSPS) is 11.2. The second-order valence-corrected chi connectivity index (χ2v) is 3.21. The Kier molecular flexibility index (Phi) is 4.63. The Labute approximate surface area is 98.0 Å². The Morgan fingerprint density at radius 1 is 1.59 bits per heavy atom. The van der Waals surface area contributed by atoms with Crippen molar-refractivity contribution < 1.29 is 19.1 Å². The lowest BCUT2D eigenvalue weighted by Gasteiger charge is -2.12. The zero-order valence-corrected chi connectivity index (χ0v) is 8.97. The summed E-state index contributed by atoms with van der Waals surface area (Å²) in [7, 11) is 0. The van der Waals surface area contributed by atoms with Gasteiger partial charge in [0.1, 0.15) is 11.8 Å². The summed E-state index contributed by atoms with van der Waals surface area (Å²) in [6.45, 7) is 0.182. The molecule has 2 amide bonds. The van der Waals surface area contributed by atoms with Crippen molar-refractivity contribution in [2.24, 2.45) is 0 Å². The molecular formula is C11H12N2O4. The molecule has 1 rings (SSSR count). The number of urea groups is 1. The molecule has 1 atom stereocenters. The number of aliphatic carboxylic acids is 1. The molecule has 0 aliphatic heterocycles. The standard InChI is InChI=1S/C11H12N2O4/c1-2-4-9(10(14)15)13-11(16)12-7-8-5-3-6-17-8/h1,3,5-6,9H,4,7H2,(H,14,15)(H2,12,13,16). The number of hydrogen-bond donors (Lipinski definition) is 3. The average Bonchev–Trinajstić information content (AvgIpc) is 2.78. The van der Waals surface area contributed by atoms with Gasteiger partial charge < -0.3 is 20.2 Å². The van der Waals surface area contributed by atoms with Crippen molar-refractivity contribution in [1.82, 2.24) is 10.6 Å². The van der Waals surface area contributed by atoms with Crippen molar-refractivity contribution in [3.63, 3.8) is 0 Å². The molecule has 17 heavy (non-hydrogen) atoms. The van der Waals surface area contributed by atoms with E-state index in [1.54, 1.807) is 12.1 Å². The van der Waals surface area contributed by atoms with Crippen molar-refractivity contribution in [2.75, 3.05) is 0 Å². The van der Waals surface area contributed by atoms with Crippen LogP contribution >= 0.6 is 0 Å². The summed E-state index contributed by atoms with van der Waals surface area (Å²) in [6, 6.07) is 1.68. The van der Waals surface area contributed by atoms with E-state index in [0.717, 1.165) is 0 Å². The van der Waals surface area contributed by atoms with Gasteiger partial charge in [-0.1, -0.05) is 0 Å². The largest absolute Gasteiger partial charge is 0.480 e. The summed E-state index contributed by atoms with van der Waals surface area (Å²) in [5, 5.41) is 13.4. The maximum atomic E-state index is 11.3. The van der Waals surface area contributed by atoms with Gasteiger partial charge in [0.2, 0.25) is 0 Å². The Morgan fingerprint density at radius 2 is 2.35 bits per heavy atom. The lowest BCUT2D eigenvalue weighted by atomic mass is 10.2. The molecule has 0 radical (unpaired) electrons. The second-order valence-electron chi connectivity index (χ2n) is 3.21. The number of carboxylic acids is 1. The van der Waals surface area contributed by atoms with Crippen LogP contribution in [0.4, 0.5) is 4.79 Å². The predicted molar refractivity (Wildman–Crippen MR) is 59.0 cm³/mol. The molecule has 0 saturated heterocycles. The van der Waals surface area contributed by atoms with Gasteiger partial charge in [-0.25, -0.2) is 9.59 Å². The molecular weight excluding hydrogens is 224 g/mol. The van der Waals surface area contributed by atoms with E-state index in [1.165, 1.54) is 6.26 Å². The number of furan rings is 1. The first-order valence-electron chi connectivity index (χ1n) is 4.86. The minimum atomic E-state index is -1.17. The summed E-state index contributed by atoms with van der Waals surface area (Å²) >= 11 is 0. The summed E-state index contributed by atoms with van der Waals surface area (Å²) in [4.78, 5) is 22.0. The summed E-state index contributed by atoms with van der Waals surface area (Å²) in [5.74, 6) is 1.59. The molecule has 0 spiro atoms. The van der Waals surface area contributed by atoms with Crippen LogP contribution in [0.25, 0.3) is 0 Å². The Bertz CT molecular complexity index is 419. The van der Waals surface area contributed by atoms with Crippen LogP contribution < -0.4 is 10.6 Å². The quantitative estimate of drug-likeness (QED) is 0.651. The number of carbonyl (C=O) groups is 2. The fourth-order valence-corrected chi connectivity index (χ4v) is 1.11. The third-order valence-corrected chi connectivity index (χ3v) is 1.93. The van der Waals surface area contributed by atoms with E-state index in [9.17, 15) is 9.59 Å². The Morgan fingerprint density at radius 3 is 2.88 bits per heavy atom. The summed E-state index contributed by atoms with van der Waals surface area (Å²) in [5.41, 5.74) is 0. The van der Waals surface area contributed by atoms with E-state index in [1.807, 2.05) is 0 Å². The minimum absolute atomic E-state index is 0.0660. The molecule has 1 heterocycles. The van der Waals surface area contributed by atoms with Crippen LogP contribution in [-0.4, -0.2) is 23.1 Å². The highest BCUT2D eigenvalue weighted by Gasteiger charge is 2.18. The van der Waals surface area contributed by atoms with E-state index in [4.69, 9.17) is 15.9 Å². The first-order chi connectivity index (χ1) is 8.13. The maximum absolute atomic E-state index is 11.3. The number of terminal acetylenes is 1. The second kappa shape index (κ2) is 6.23. The van der Waals surface area contributed by atoms with E-state index in [2.05, 4.69) is 16.6 Å².